The minimum atomic E-state index is -0.762. The second-order valence-corrected chi connectivity index (χ2v) is 10.1. The molecule has 0 aromatic heterocycles. The Labute approximate surface area is 223 Å². The van der Waals surface area contributed by atoms with Crippen LogP contribution in [0.3, 0.4) is 0 Å². The van der Waals surface area contributed by atoms with Gasteiger partial charge in [0.05, 0.1) is 12.8 Å². The number of halogens is 1. The maximum absolute atomic E-state index is 13.6. The third kappa shape index (κ3) is 7.16. The van der Waals surface area contributed by atoms with Crippen LogP contribution in [0.4, 0.5) is 10.5 Å². The average Bonchev–Trinajstić information content (AvgIpc) is 2.93. The van der Waals surface area contributed by atoms with E-state index in [1.54, 1.807) is 23.1 Å². The quantitative estimate of drug-likeness (QED) is 0.561. The monoisotopic (exact) mass is 526 g/mol. The number of methoxy groups -OCH3 is 1. The number of nitrogens with zero attached hydrogens (tertiary/aromatic N) is 2. The zero-order valence-electron chi connectivity index (χ0n) is 21.2. The Morgan fingerprint density at radius 3 is 2.35 bits per heavy atom. The van der Waals surface area contributed by atoms with Crippen LogP contribution in [0.5, 0.6) is 5.75 Å². The first kappa shape index (κ1) is 26.8. The number of amides is 4. The van der Waals surface area contributed by atoms with Crippen molar-refractivity contribution >= 4 is 35.1 Å². The average molecular weight is 527 g/mol. The van der Waals surface area contributed by atoms with Crippen molar-refractivity contribution in [3.8, 4) is 5.75 Å². The first-order valence-electron chi connectivity index (χ1n) is 13.0. The molecule has 2 aliphatic heterocycles. The molecule has 2 aromatic rings. The number of urea groups is 1. The van der Waals surface area contributed by atoms with Gasteiger partial charge in [0.25, 0.3) is 0 Å². The van der Waals surface area contributed by atoms with Gasteiger partial charge in [-0.3, -0.25) is 9.59 Å². The Kier molecular flexibility index (Phi) is 9.28. The van der Waals surface area contributed by atoms with Gasteiger partial charge in [-0.15, -0.1) is 0 Å². The summed E-state index contributed by atoms with van der Waals surface area (Å²) in [5.41, 5.74) is 1.35. The topological polar surface area (TPSA) is 91.0 Å². The predicted molar refractivity (Wildman–Crippen MR) is 144 cm³/mol. The highest BCUT2D eigenvalue weighted by atomic mass is 35.5. The molecule has 0 radical (unpaired) electrons. The van der Waals surface area contributed by atoms with E-state index in [1.165, 1.54) is 13.5 Å². The zero-order valence-corrected chi connectivity index (χ0v) is 22.0. The standard InChI is InChI=1S/C28H35ClN4O4/c1-37-25-11-10-22(29)19-23(25)30-28(36)31-24(18-20-8-4-2-5-9-20)27(35)33-16-12-21(13-17-33)26(34)32-14-6-3-7-15-32/h2,4-5,8-11,19,21,24H,3,6-7,12-18H2,1H3,(H2,30,31,36)/t24-/m0/s1. The lowest BCUT2D eigenvalue weighted by Crippen LogP contribution is -2.53. The third-order valence-electron chi connectivity index (χ3n) is 7.12. The van der Waals surface area contributed by atoms with E-state index in [4.69, 9.17) is 16.3 Å². The summed E-state index contributed by atoms with van der Waals surface area (Å²) in [6.45, 7) is 2.68. The van der Waals surface area contributed by atoms with Crippen molar-refractivity contribution in [1.82, 2.24) is 15.1 Å². The molecule has 0 aliphatic carbocycles. The number of hydrogen-bond acceptors (Lipinski definition) is 4. The van der Waals surface area contributed by atoms with Crippen LogP contribution in [0, 0.1) is 5.92 Å². The lowest BCUT2D eigenvalue weighted by atomic mass is 9.93. The Hall–Kier alpha value is -3.26. The van der Waals surface area contributed by atoms with Crippen LogP contribution in [0.1, 0.15) is 37.7 Å². The van der Waals surface area contributed by atoms with E-state index in [0.717, 1.165) is 31.5 Å². The van der Waals surface area contributed by atoms with Gasteiger partial charge in [0.2, 0.25) is 11.8 Å². The molecule has 0 spiro atoms. The highest BCUT2D eigenvalue weighted by molar-refractivity contribution is 6.31. The summed E-state index contributed by atoms with van der Waals surface area (Å²) < 4.78 is 5.31. The second-order valence-electron chi connectivity index (χ2n) is 9.67. The number of ether oxygens (including phenoxy) is 1. The molecule has 9 heteroatoms. The molecule has 2 aliphatic rings. The number of hydrogen-bond donors (Lipinski definition) is 2. The molecule has 2 fully saturated rings. The van der Waals surface area contributed by atoms with E-state index in [2.05, 4.69) is 10.6 Å². The Morgan fingerprint density at radius 2 is 1.68 bits per heavy atom. The SMILES string of the molecule is COc1ccc(Cl)cc1NC(=O)N[C@@H](Cc1ccccc1)C(=O)N1CCC(C(=O)N2CCCCC2)CC1. The van der Waals surface area contributed by atoms with Gasteiger partial charge in [0.15, 0.2) is 0 Å². The van der Waals surface area contributed by atoms with Crippen molar-refractivity contribution in [2.75, 3.05) is 38.6 Å². The number of carbonyl (C=O) groups is 3. The van der Waals surface area contributed by atoms with Crippen LogP contribution in [0.25, 0.3) is 0 Å². The minimum absolute atomic E-state index is 0.0405. The number of piperidine rings is 2. The van der Waals surface area contributed by atoms with Gasteiger partial charge in [0, 0.05) is 43.5 Å². The van der Waals surface area contributed by atoms with Gasteiger partial charge in [0.1, 0.15) is 11.8 Å². The van der Waals surface area contributed by atoms with Crippen molar-refractivity contribution in [2.45, 2.75) is 44.6 Å². The fourth-order valence-electron chi connectivity index (χ4n) is 5.08. The summed E-state index contributed by atoms with van der Waals surface area (Å²) in [7, 11) is 1.51. The lowest BCUT2D eigenvalue weighted by Gasteiger charge is -2.37. The van der Waals surface area contributed by atoms with Crippen molar-refractivity contribution in [2.24, 2.45) is 5.92 Å². The molecule has 1 atom stereocenters. The number of rotatable bonds is 7. The molecule has 4 rings (SSSR count). The maximum Gasteiger partial charge on any atom is 0.320 e. The van der Waals surface area contributed by atoms with Crippen molar-refractivity contribution < 1.29 is 19.1 Å². The Bertz CT molecular complexity index is 1080. The first-order valence-corrected chi connectivity index (χ1v) is 13.3. The van der Waals surface area contributed by atoms with E-state index in [9.17, 15) is 14.4 Å². The predicted octanol–water partition coefficient (Wildman–Crippen LogP) is 4.33. The maximum atomic E-state index is 13.6. The number of nitrogens with one attached hydrogen (secondary N) is 2. The molecule has 0 saturated carbocycles. The van der Waals surface area contributed by atoms with E-state index < -0.39 is 12.1 Å². The highest BCUT2D eigenvalue weighted by Gasteiger charge is 2.33. The van der Waals surface area contributed by atoms with Crippen molar-refractivity contribution in [3.05, 3.63) is 59.1 Å². The van der Waals surface area contributed by atoms with Gasteiger partial charge >= 0.3 is 6.03 Å². The van der Waals surface area contributed by atoms with Gasteiger partial charge < -0.3 is 25.2 Å². The lowest BCUT2D eigenvalue weighted by molar-refractivity contribution is -0.142. The molecular weight excluding hydrogens is 492 g/mol. The summed E-state index contributed by atoms with van der Waals surface area (Å²) in [5, 5.41) is 6.06. The Balaban J connectivity index is 1.41. The van der Waals surface area contributed by atoms with E-state index in [0.29, 0.717) is 48.8 Å². The van der Waals surface area contributed by atoms with Crippen LogP contribution < -0.4 is 15.4 Å². The van der Waals surface area contributed by atoms with Gasteiger partial charge in [-0.25, -0.2) is 4.79 Å². The first-order chi connectivity index (χ1) is 17.9. The molecule has 0 unspecified atom stereocenters. The summed E-state index contributed by atoms with van der Waals surface area (Å²) in [6.07, 6.45) is 4.96. The summed E-state index contributed by atoms with van der Waals surface area (Å²) >= 11 is 6.09. The molecular formula is C28H35ClN4O4. The normalized spacial score (nSPS) is 17.1. The molecule has 0 bridgehead atoms. The zero-order chi connectivity index (χ0) is 26.2. The molecule has 37 heavy (non-hydrogen) atoms. The van der Waals surface area contributed by atoms with Crippen LogP contribution in [0.15, 0.2) is 48.5 Å². The third-order valence-corrected chi connectivity index (χ3v) is 7.35. The number of benzene rings is 2. The largest absolute Gasteiger partial charge is 0.495 e. The van der Waals surface area contributed by atoms with Crippen LogP contribution in [-0.2, 0) is 16.0 Å². The molecule has 2 aromatic carbocycles. The summed E-state index contributed by atoms with van der Waals surface area (Å²) in [5.74, 6) is 0.494. The fraction of sp³-hybridized carbons (Fsp3) is 0.464. The van der Waals surface area contributed by atoms with Crippen LogP contribution in [0.2, 0.25) is 5.02 Å². The molecule has 2 N–H and O–H groups in total. The van der Waals surface area contributed by atoms with Crippen molar-refractivity contribution in [1.29, 1.82) is 0 Å². The number of likely N-dealkylation sites (tertiary alicyclic amines) is 2. The molecule has 8 nitrogen and oxygen atoms in total. The van der Waals surface area contributed by atoms with Crippen LogP contribution in [-0.4, -0.2) is 67.0 Å². The minimum Gasteiger partial charge on any atom is -0.495 e. The summed E-state index contributed by atoms with van der Waals surface area (Å²) in [6, 6.07) is 13.2. The van der Waals surface area contributed by atoms with E-state index in [1.807, 2.05) is 35.2 Å². The molecule has 4 amide bonds. The number of carbonyl (C=O) groups excluding carboxylic acids is 3. The smallest absolute Gasteiger partial charge is 0.320 e. The van der Waals surface area contributed by atoms with E-state index in [-0.39, 0.29) is 17.7 Å². The molecule has 2 heterocycles. The highest BCUT2D eigenvalue weighted by Crippen LogP contribution is 2.28. The molecule has 198 valence electrons. The van der Waals surface area contributed by atoms with Gasteiger partial charge in [-0.1, -0.05) is 41.9 Å². The van der Waals surface area contributed by atoms with E-state index >= 15 is 0 Å². The van der Waals surface area contributed by atoms with Crippen molar-refractivity contribution in [3.63, 3.8) is 0 Å². The second kappa shape index (κ2) is 12.8. The Morgan fingerprint density at radius 1 is 0.973 bits per heavy atom. The summed E-state index contributed by atoms with van der Waals surface area (Å²) in [4.78, 5) is 43.2. The fourth-order valence-corrected chi connectivity index (χ4v) is 5.26. The molecule has 2 saturated heterocycles. The van der Waals surface area contributed by atoms with Gasteiger partial charge in [-0.05, 0) is 55.9 Å². The van der Waals surface area contributed by atoms with Crippen LogP contribution >= 0.6 is 11.6 Å². The number of anilines is 1. The van der Waals surface area contributed by atoms with Gasteiger partial charge in [-0.2, -0.15) is 0 Å².